The average molecular weight is 238 g/mol. The minimum atomic E-state index is 1.04. The summed E-state index contributed by atoms with van der Waals surface area (Å²) in [6.45, 7) is 2.09. The number of hydrogen-bond donors (Lipinski definition) is 2. The van der Waals surface area contributed by atoms with Gasteiger partial charge in [-0.15, -0.1) is 0 Å². The highest BCUT2D eigenvalue weighted by Crippen LogP contribution is 2.24. The minimum absolute atomic E-state index is 1.04. The molecule has 1 aliphatic heterocycles. The van der Waals surface area contributed by atoms with Crippen molar-refractivity contribution < 1.29 is 0 Å². The van der Waals surface area contributed by atoms with Crippen molar-refractivity contribution in [3.8, 4) is 0 Å². The molecule has 0 bridgehead atoms. The van der Waals surface area contributed by atoms with E-state index in [9.17, 15) is 0 Å². The zero-order valence-corrected chi connectivity index (χ0v) is 10.4. The second kappa shape index (κ2) is 5.23. The second-order valence-electron chi connectivity index (χ2n) is 4.69. The summed E-state index contributed by atoms with van der Waals surface area (Å²) >= 11 is 0. The van der Waals surface area contributed by atoms with Crippen molar-refractivity contribution in [2.75, 3.05) is 18.4 Å². The number of anilines is 2. The lowest BCUT2D eigenvalue weighted by Gasteiger charge is -2.17. The molecule has 3 rings (SSSR count). The Morgan fingerprint density at radius 2 is 1.17 bits per heavy atom. The molecular weight excluding hydrogens is 220 g/mol. The first-order valence-electron chi connectivity index (χ1n) is 6.57. The van der Waals surface area contributed by atoms with E-state index < -0.39 is 0 Å². The van der Waals surface area contributed by atoms with E-state index >= 15 is 0 Å². The smallest absolute Gasteiger partial charge is 0.0417 e. The summed E-state index contributed by atoms with van der Waals surface area (Å²) in [6.07, 6.45) is 2.15. The number of nitrogens with one attached hydrogen (secondary N) is 2. The molecule has 2 aromatic carbocycles. The van der Waals surface area contributed by atoms with Gasteiger partial charge in [0.2, 0.25) is 0 Å². The van der Waals surface area contributed by atoms with Crippen LogP contribution in [-0.2, 0) is 12.8 Å². The van der Waals surface area contributed by atoms with E-state index in [4.69, 9.17) is 0 Å². The Hall–Kier alpha value is -1.80. The molecular formula is C16H18N2. The first kappa shape index (κ1) is 11.3. The quantitative estimate of drug-likeness (QED) is 0.737. The number of hydrogen-bond acceptors (Lipinski definition) is 2. The second-order valence-corrected chi connectivity index (χ2v) is 4.69. The number of benzene rings is 2. The van der Waals surface area contributed by atoms with Crippen molar-refractivity contribution in [2.45, 2.75) is 12.8 Å². The van der Waals surface area contributed by atoms with Gasteiger partial charge in [0, 0.05) is 11.4 Å². The van der Waals surface area contributed by atoms with Crippen LogP contribution < -0.4 is 10.6 Å². The molecule has 0 amide bonds. The van der Waals surface area contributed by atoms with E-state index in [-0.39, 0.29) is 0 Å². The molecule has 2 aromatic rings. The monoisotopic (exact) mass is 238 g/mol. The number of fused-ring (bicyclic) bond motifs is 2. The Kier molecular flexibility index (Phi) is 3.29. The lowest BCUT2D eigenvalue weighted by molar-refractivity contribution is 0.681. The van der Waals surface area contributed by atoms with E-state index in [1.165, 1.54) is 22.5 Å². The van der Waals surface area contributed by atoms with Gasteiger partial charge < -0.3 is 10.6 Å². The van der Waals surface area contributed by atoms with E-state index in [0.717, 1.165) is 25.9 Å². The fourth-order valence-corrected chi connectivity index (χ4v) is 2.44. The predicted octanol–water partition coefficient (Wildman–Crippen LogP) is 3.12. The Labute approximate surface area is 108 Å². The van der Waals surface area contributed by atoms with Crippen molar-refractivity contribution in [1.82, 2.24) is 5.32 Å². The molecule has 0 aromatic heterocycles. The molecule has 0 spiro atoms. The maximum absolute atomic E-state index is 3.58. The molecule has 18 heavy (non-hydrogen) atoms. The zero-order chi connectivity index (χ0) is 12.2. The third-order valence-corrected chi connectivity index (χ3v) is 3.45. The first-order valence-corrected chi connectivity index (χ1v) is 6.57. The van der Waals surface area contributed by atoms with Gasteiger partial charge in [-0.3, -0.25) is 0 Å². The first-order chi connectivity index (χ1) is 8.93. The molecule has 0 atom stereocenters. The van der Waals surface area contributed by atoms with Crippen LogP contribution >= 0.6 is 0 Å². The molecule has 0 unspecified atom stereocenters. The Morgan fingerprint density at radius 1 is 0.667 bits per heavy atom. The summed E-state index contributed by atoms with van der Waals surface area (Å²) in [5, 5.41) is 7.09. The Morgan fingerprint density at radius 3 is 1.72 bits per heavy atom. The molecule has 1 aliphatic rings. The maximum Gasteiger partial charge on any atom is 0.0417 e. The van der Waals surface area contributed by atoms with Crippen molar-refractivity contribution in [3.05, 3.63) is 59.7 Å². The van der Waals surface area contributed by atoms with Crippen LogP contribution in [0.5, 0.6) is 0 Å². The van der Waals surface area contributed by atoms with E-state index in [0.29, 0.717) is 0 Å². The largest absolute Gasteiger partial charge is 0.355 e. The third kappa shape index (κ3) is 2.39. The summed E-state index contributed by atoms with van der Waals surface area (Å²) in [7, 11) is 0. The van der Waals surface area contributed by atoms with Crippen LogP contribution in [0.15, 0.2) is 48.5 Å². The number of rotatable bonds is 0. The van der Waals surface area contributed by atoms with Crippen LogP contribution in [0.3, 0.4) is 0 Å². The fourth-order valence-electron chi connectivity index (χ4n) is 2.44. The normalized spacial score (nSPS) is 15.1. The van der Waals surface area contributed by atoms with E-state index in [2.05, 4.69) is 59.2 Å². The van der Waals surface area contributed by atoms with Gasteiger partial charge in [0.15, 0.2) is 0 Å². The van der Waals surface area contributed by atoms with Crippen molar-refractivity contribution in [3.63, 3.8) is 0 Å². The summed E-state index contributed by atoms with van der Waals surface area (Å²) < 4.78 is 0. The van der Waals surface area contributed by atoms with Gasteiger partial charge in [0.05, 0.1) is 0 Å². The molecule has 2 nitrogen and oxygen atoms in total. The number of para-hydroxylation sites is 2. The van der Waals surface area contributed by atoms with Crippen LogP contribution in [0.2, 0.25) is 0 Å². The van der Waals surface area contributed by atoms with Crippen molar-refractivity contribution in [1.29, 1.82) is 0 Å². The summed E-state index contributed by atoms with van der Waals surface area (Å²) in [5.74, 6) is 0. The van der Waals surface area contributed by atoms with Crippen LogP contribution in [0, 0.1) is 0 Å². The molecule has 0 saturated carbocycles. The molecule has 1 heterocycles. The lowest BCUT2D eigenvalue weighted by Crippen LogP contribution is -2.21. The van der Waals surface area contributed by atoms with Crippen molar-refractivity contribution >= 4 is 11.4 Å². The van der Waals surface area contributed by atoms with Gasteiger partial charge >= 0.3 is 0 Å². The highest BCUT2D eigenvalue weighted by molar-refractivity contribution is 5.66. The standard InChI is InChI=1S/C16H18N2/c1-3-7-15-13(5-1)9-11-17-12-10-14-6-2-4-8-16(14)18-15/h1-8,17-18H,9-12H2. The molecule has 92 valence electrons. The van der Waals surface area contributed by atoms with Gasteiger partial charge in [0.25, 0.3) is 0 Å². The highest BCUT2D eigenvalue weighted by atomic mass is 14.9. The zero-order valence-electron chi connectivity index (χ0n) is 10.4. The maximum atomic E-state index is 3.58. The minimum Gasteiger partial charge on any atom is -0.355 e. The fraction of sp³-hybridized carbons (Fsp3) is 0.250. The Balaban J connectivity index is 2.00. The van der Waals surface area contributed by atoms with E-state index in [1.807, 2.05) is 0 Å². The molecule has 2 heteroatoms. The molecule has 0 fully saturated rings. The van der Waals surface area contributed by atoms with Crippen LogP contribution in [0.25, 0.3) is 0 Å². The topological polar surface area (TPSA) is 24.1 Å². The predicted molar refractivity (Wildman–Crippen MR) is 76.4 cm³/mol. The van der Waals surface area contributed by atoms with Crippen LogP contribution in [0.4, 0.5) is 11.4 Å². The summed E-state index contributed by atoms with van der Waals surface area (Å²) in [5.41, 5.74) is 5.21. The van der Waals surface area contributed by atoms with Crippen LogP contribution in [-0.4, -0.2) is 13.1 Å². The third-order valence-electron chi connectivity index (χ3n) is 3.45. The van der Waals surface area contributed by atoms with Gasteiger partial charge in [-0.25, -0.2) is 0 Å². The van der Waals surface area contributed by atoms with Crippen LogP contribution in [0.1, 0.15) is 11.1 Å². The molecule has 0 aliphatic carbocycles. The van der Waals surface area contributed by atoms with Gasteiger partial charge in [-0.2, -0.15) is 0 Å². The molecule has 2 N–H and O–H groups in total. The SMILES string of the molecule is c1ccc2c(c1)CCNCCc1ccccc1N2. The molecule has 0 saturated heterocycles. The summed E-state index contributed by atoms with van der Waals surface area (Å²) in [6, 6.07) is 17.1. The average Bonchev–Trinajstić information content (AvgIpc) is 2.42. The summed E-state index contributed by atoms with van der Waals surface area (Å²) in [4.78, 5) is 0. The van der Waals surface area contributed by atoms with Gasteiger partial charge in [-0.1, -0.05) is 36.4 Å². The van der Waals surface area contributed by atoms with E-state index in [1.54, 1.807) is 0 Å². The highest BCUT2D eigenvalue weighted by Gasteiger charge is 2.07. The van der Waals surface area contributed by atoms with Gasteiger partial charge in [0.1, 0.15) is 0 Å². The van der Waals surface area contributed by atoms with Gasteiger partial charge in [-0.05, 0) is 49.2 Å². The lowest BCUT2D eigenvalue weighted by atomic mass is 10.1. The Bertz CT molecular complexity index is 487. The van der Waals surface area contributed by atoms with Crippen molar-refractivity contribution in [2.24, 2.45) is 0 Å². The molecule has 0 radical (unpaired) electrons.